The number of phenolic OH excluding ortho intramolecular Hbond substituents is 1. The molecule has 14 heavy (non-hydrogen) atoms. The van der Waals surface area contributed by atoms with Crippen LogP contribution in [0, 0.1) is 0 Å². The Morgan fingerprint density at radius 1 is 1.57 bits per heavy atom. The first-order chi connectivity index (χ1) is 6.69. The van der Waals surface area contributed by atoms with Gasteiger partial charge < -0.3 is 9.84 Å². The topological polar surface area (TPSA) is 46.5 Å². The van der Waals surface area contributed by atoms with E-state index >= 15 is 0 Å². The molecule has 1 N–H and O–H groups in total. The smallest absolute Gasteiger partial charge is 0.341 e. The maximum atomic E-state index is 11.2. The van der Waals surface area contributed by atoms with Crippen molar-refractivity contribution in [2.24, 2.45) is 0 Å². The van der Waals surface area contributed by atoms with E-state index in [1.807, 2.05) is 0 Å². The number of hydrogen-bond donors (Lipinski definition) is 1. The van der Waals surface area contributed by atoms with Gasteiger partial charge in [0.15, 0.2) is 0 Å². The summed E-state index contributed by atoms with van der Waals surface area (Å²) in [6.07, 6.45) is 0.810. The van der Waals surface area contributed by atoms with Crippen molar-refractivity contribution in [2.45, 2.75) is 6.42 Å². The normalized spacial score (nSPS) is 9.86. The zero-order valence-corrected chi connectivity index (χ0v) is 9.37. The number of carbonyl (C=O) groups excluding carboxylic acids is 1. The molecular formula is C10H11BrO3. The van der Waals surface area contributed by atoms with E-state index in [0.717, 1.165) is 17.3 Å². The van der Waals surface area contributed by atoms with Crippen molar-refractivity contribution in [3.05, 3.63) is 29.3 Å². The van der Waals surface area contributed by atoms with E-state index in [1.165, 1.54) is 13.2 Å². The van der Waals surface area contributed by atoms with Crippen LogP contribution in [0.2, 0.25) is 0 Å². The predicted molar refractivity (Wildman–Crippen MR) is 56.9 cm³/mol. The van der Waals surface area contributed by atoms with Crippen LogP contribution >= 0.6 is 15.9 Å². The average molecular weight is 259 g/mol. The van der Waals surface area contributed by atoms with Gasteiger partial charge >= 0.3 is 5.97 Å². The van der Waals surface area contributed by atoms with Crippen molar-refractivity contribution in [1.29, 1.82) is 0 Å². The number of benzene rings is 1. The van der Waals surface area contributed by atoms with Gasteiger partial charge in [-0.05, 0) is 24.1 Å². The standard InChI is InChI=1S/C10H11BrO3/c1-14-10(13)8-6-7(4-5-11)2-3-9(8)12/h2-3,6,12H,4-5H2,1H3. The van der Waals surface area contributed by atoms with Gasteiger partial charge in [-0.2, -0.15) is 0 Å². The van der Waals surface area contributed by atoms with Crippen molar-refractivity contribution in [1.82, 2.24) is 0 Å². The molecule has 0 saturated heterocycles. The molecule has 0 unspecified atom stereocenters. The maximum absolute atomic E-state index is 11.2. The van der Waals surface area contributed by atoms with Crippen LogP contribution in [0.5, 0.6) is 5.75 Å². The molecule has 4 heteroatoms. The Morgan fingerprint density at radius 2 is 2.29 bits per heavy atom. The van der Waals surface area contributed by atoms with Crippen LogP contribution in [0.3, 0.4) is 0 Å². The van der Waals surface area contributed by atoms with Gasteiger partial charge in [0.1, 0.15) is 11.3 Å². The summed E-state index contributed by atoms with van der Waals surface area (Å²) >= 11 is 3.30. The molecule has 0 amide bonds. The Hall–Kier alpha value is -1.03. The fraction of sp³-hybridized carbons (Fsp3) is 0.300. The number of carbonyl (C=O) groups is 1. The lowest BCUT2D eigenvalue weighted by atomic mass is 10.1. The molecular weight excluding hydrogens is 248 g/mol. The summed E-state index contributed by atoms with van der Waals surface area (Å²) in [5.41, 5.74) is 1.20. The summed E-state index contributed by atoms with van der Waals surface area (Å²) in [4.78, 5) is 11.2. The van der Waals surface area contributed by atoms with Crippen molar-refractivity contribution in [3.63, 3.8) is 0 Å². The molecule has 3 nitrogen and oxygen atoms in total. The van der Waals surface area contributed by atoms with E-state index in [0.29, 0.717) is 0 Å². The lowest BCUT2D eigenvalue weighted by Gasteiger charge is -2.04. The fourth-order valence-electron chi connectivity index (χ4n) is 1.12. The Labute approximate surface area is 90.8 Å². The van der Waals surface area contributed by atoms with Crippen LogP contribution in [0.25, 0.3) is 0 Å². The van der Waals surface area contributed by atoms with Crippen LogP contribution in [-0.2, 0) is 11.2 Å². The van der Waals surface area contributed by atoms with Gasteiger partial charge in [0, 0.05) is 5.33 Å². The van der Waals surface area contributed by atoms with Crippen molar-refractivity contribution in [2.75, 3.05) is 12.4 Å². The molecule has 0 bridgehead atoms. The molecule has 0 spiro atoms. The summed E-state index contributed by atoms with van der Waals surface area (Å²) in [5, 5.41) is 10.2. The number of aromatic hydroxyl groups is 1. The highest BCUT2D eigenvalue weighted by Gasteiger charge is 2.11. The van der Waals surface area contributed by atoms with Crippen molar-refractivity contribution >= 4 is 21.9 Å². The van der Waals surface area contributed by atoms with Gasteiger partial charge in [-0.1, -0.05) is 22.0 Å². The number of ether oxygens (including phenoxy) is 1. The lowest BCUT2D eigenvalue weighted by Crippen LogP contribution is -2.02. The Morgan fingerprint density at radius 3 is 2.86 bits per heavy atom. The zero-order chi connectivity index (χ0) is 10.6. The highest BCUT2D eigenvalue weighted by atomic mass is 79.9. The molecule has 0 heterocycles. The third-order valence-corrected chi connectivity index (χ3v) is 2.25. The summed E-state index contributed by atoms with van der Waals surface area (Å²) in [6.45, 7) is 0. The molecule has 0 atom stereocenters. The van der Waals surface area contributed by atoms with Gasteiger partial charge in [-0.15, -0.1) is 0 Å². The summed E-state index contributed by atoms with van der Waals surface area (Å²) in [6, 6.07) is 4.93. The molecule has 0 aliphatic carbocycles. The Balaban J connectivity index is 3.01. The van der Waals surface area contributed by atoms with Gasteiger partial charge in [0.05, 0.1) is 7.11 Å². The molecule has 1 aromatic carbocycles. The quantitative estimate of drug-likeness (QED) is 0.668. The van der Waals surface area contributed by atoms with Crippen LogP contribution in [-0.4, -0.2) is 23.5 Å². The summed E-state index contributed by atoms with van der Waals surface area (Å²) in [5.74, 6) is -0.561. The number of alkyl halides is 1. The maximum Gasteiger partial charge on any atom is 0.341 e. The van der Waals surface area contributed by atoms with E-state index in [2.05, 4.69) is 20.7 Å². The van der Waals surface area contributed by atoms with Crippen LogP contribution in [0.1, 0.15) is 15.9 Å². The average Bonchev–Trinajstić information content (AvgIpc) is 2.20. The van der Waals surface area contributed by atoms with Crippen molar-refractivity contribution in [3.8, 4) is 5.75 Å². The van der Waals surface area contributed by atoms with E-state index in [4.69, 9.17) is 0 Å². The van der Waals surface area contributed by atoms with Crippen LogP contribution in [0.4, 0.5) is 0 Å². The minimum atomic E-state index is -0.515. The molecule has 1 aromatic rings. The third kappa shape index (κ3) is 2.48. The van der Waals surface area contributed by atoms with Gasteiger partial charge in [-0.25, -0.2) is 4.79 Å². The Kier molecular flexibility index (Phi) is 3.95. The molecule has 0 saturated carbocycles. The SMILES string of the molecule is COC(=O)c1cc(CCBr)ccc1O. The predicted octanol–water partition coefficient (Wildman–Crippen LogP) is 2.12. The molecule has 0 fully saturated rings. The van der Waals surface area contributed by atoms with Gasteiger partial charge in [0.2, 0.25) is 0 Å². The number of halogens is 1. The molecule has 0 radical (unpaired) electrons. The molecule has 0 aliphatic heterocycles. The minimum Gasteiger partial charge on any atom is -0.507 e. The highest BCUT2D eigenvalue weighted by Crippen LogP contribution is 2.19. The first kappa shape index (κ1) is 11.0. The van der Waals surface area contributed by atoms with E-state index in [-0.39, 0.29) is 11.3 Å². The fourth-order valence-corrected chi connectivity index (χ4v) is 1.58. The monoisotopic (exact) mass is 258 g/mol. The first-order valence-corrected chi connectivity index (χ1v) is 5.27. The third-order valence-electron chi connectivity index (χ3n) is 1.85. The number of rotatable bonds is 3. The van der Waals surface area contributed by atoms with E-state index < -0.39 is 5.97 Å². The molecule has 0 aliphatic rings. The van der Waals surface area contributed by atoms with Gasteiger partial charge in [0.25, 0.3) is 0 Å². The number of aryl methyl sites for hydroxylation is 1. The van der Waals surface area contributed by atoms with E-state index in [9.17, 15) is 9.90 Å². The van der Waals surface area contributed by atoms with Crippen LogP contribution < -0.4 is 0 Å². The van der Waals surface area contributed by atoms with Crippen LogP contribution in [0.15, 0.2) is 18.2 Å². The lowest BCUT2D eigenvalue weighted by molar-refractivity contribution is 0.0597. The van der Waals surface area contributed by atoms with Gasteiger partial charge in [-0.3, -0.25) is 0 Å². The second kappa shape index (κ2) is 5.00. The summed E-state index contributed by atoms with van der Waals surface area (Å²) in [7, 11) is 1.29. The number of esters is 1. The first-order valence-electron chi connectivity index (χ1n) is 4.15. The number of hydrogen-bond acceptors (Lipinski definition) is 3. The highest BCUT2D eigenvalue weighted by molar-refractivity contribution is 9.09. The molecule has 0 aromatic heterocycles. The zero-order valence-electron chi connectivity index (χ0n) is 7.79. The second-order valence-corrected chi connectivity index (χ2v) is 3.58. The molecule has 76 valence electrons. The largest absolute Gasteiger partial charge is 0.507 e. The minimum absolute atomic E-state index is 0.0461. The summed E-state index contributed by atoms with van der Waals surface area (Å²) < 4.78 is 4.54. The molecule has 1 rings (SSSR count). The Bertz CT molecular complexity index is 336. The number of phenols is 1. The second-order valence-electron chi connectivity index (χ2n) is 2.78. The number of methoxy groups -OCH3 is 1. The van der Waals surface area contributed by atoms with E-state index in [1.54, 1.807) is 12.1 Å². The van der Waals surface area contributed by atoms with Crippen molar-refractivity contribution < 1.29 is 14.6 Å².